The smallest absolute Gasteiger partial charge is 0.150 e. The summed E-state index contributed by atoms with van der Waals surface area (Å²) in [5.74, 6) is 0.599. The predicted molar refractivity (Wildman–Crippen MR) is 74.2 cm³/mol. The average Bonchev–Trinajstić information content (AvgIpc) is 2.25. The first-order chi connectivity index (χ1) is 7.96. The van der Waals surface area contributed by atoms with Crippen molar-refractivity contribution >= 4 is 31.5 Å². The van der Waals surface area contributed by atoms with Crippen LogP contribution in [-0.4, -0.2) is 26.0 Å². The standard InChI is InChI=1S/C12H16BrNO2S/c1-9-2-3-12(11(13)8-9)14-10-4-6-17(15,16)7-5-10/h2-3,8,10,14H,4-7H2,1H3. The summed E-state index contributed by atoms with van der Waals surface area (Å²) < 4.78 is 23.7. The fourth-order valence-electron chi connectivity index (χ4n) is 1.99. The van der Waals surface area contributed by atoms with E-state index in [0.717, 1.165) is 10.2 Å². The summed E-state index contributed by atoms with van der Waals surface area (Å²) in [6.07, 6.45) is 1.39. The molecule has 1 aliphatic rings. The highest BCUT2D eigenvalue weighted by atomic mass is 79.9. The molecule has 17 heavy (non-hydrogen) atoms. The maximum atomic E-state index is 11.3. The first kappa shape index (κ1) is 12.9. The van der Waals surface area contributed by atoms with Crippen LogP contribution in [-0.2, 0) is 9.84 Å². The molecule has 1 N–H and O–H groups in total. The van der Waals surface area contributed by atoms with Gasteiger partial charge < -0.3 is 5.32 Å². The molecule has 1 aromatic carbocycles. The van der Waals surface area contributed by atoms with Crippen molar-refractivity contribution in [1.82, 2.24) is 0 Å². The van der Waals surface area contributed by atoms with Crippen molar-refractivity contribution in [2.45, 2.75) is 25.8 Å². The van der Waals surface area contributed by atoms with Gasteiger partial charge in [-0.3, -0.25) is 0 Å². The molecule has 0 bridgehead atoms. The molecule has 0 saturated carbocycles. The van der Waals surface area contributed by atoms with Crippen molar-refractivity contribution in [3.05, 3.63) is 28.2 Å². The van der Waals surface area contributed by atoms with E-state index in [2.05, 4.69) is 27.3 Å². The SMILES string of the molecule is Cc1ccc(NC2CCS(=O)(=O)CC2)c(Br)c1. The molecular weight excluding hydrogens is 302 g/mol. The molecule has 0 radical (unpaired) electrons. The van der Waals surface area contributed by atoms with Gasteiger partial charge in [0.1, 0.15) is 9.84 Å². The van der Waals surface area contributed by atoms with E-state index in [1.54, 1.807) is 0 Å². The van der Waals surface area contributed by atoms with Gasteiger partial charge in [0.2, 0.25) is 0 Å². The number of rotatable bonds is 2. The minimum atomic E-state index is -2.78. The summed E-state index contributed by atoms with van der Waals surface area (Å²) in [5.41, 5.74) is 2.24. The lowest BCUT2D eigenvalue weighted by Crippen LogP contribution is -2.32. The highest BCUT2D eigenvalue weighted by Crippen LogP contribution is 2.26. The van der Waals surface area contributed by atoms with Crippen LogP contribution in [0.5, 0.6) is 0 Å². The number of halogens is 1. The molecule has 0 unspecified atom stereocenters. The van der Waals surface area contributed by atoms with Gasteiger partial charge in [-0.1, -0.05) is 6.07 Å². The van der Waals surface area contributed by atoms with Crippen molar-refractivity contribution in [3.8, 4) is 0 Å². The minimum Gasteiger partial charge on any atom is -0.381 e. The third-order valence-corrected chi connectivity index (χ3v) is 5.41. The molecule has 1 heterocycles. The fourth-order valence-corrected chi connectivity index (χ4v) is 4.09. The Hall–Kier alpha value is -0.550. The summed E-state index contributed by atoms with van der Waals surface area (Å²) in [5, 5.41) is 3.40. The Labute approximate surface area is 111 Å². The van der Waals surface area contributed by atoms with Gasteiger partial charge in [-0.25, -0.2) is 8.42 Å². The molecule has 1 aliphatic heterocycles. The minimum absolute atomic E-state index is 0.262. The third kappa shape index (κ3) is 3.45. The predicted octanol–water partition coefficient (Wildman–Crippen LogP) is 2.75. The van der Waals surface area contributed by atoms with E-state index < -0.39 is 9.84 Å². The van der Waals surface area contributed by atoms with Crippen molar-refractivity contribution in [2.75, 3.05) is 16.8 Å². The number of hydrogen-bond donors (Lipinski definition) is 1. The number of aryl methyl sites for hydroxylation is 1. The Morgan fingerprint density at radius 1 is 1.29 bits per heavy atom. The first-order valence-electron chi connectivity index (χ1n) is 5.69. The molecule has 1 saturated heterocycles. The Morgan fingerprint density at radius 3 is 2.53 bits per heavy atom. The number of nitrogens with one attached hydrogen (secondary N) is 1. The lowest BCUT2D eigenvalue weighted by molar-refractivity contribution is 0.559. The molecule has 0 atom stereocenters. The van der Waals surface area contributed by atoms with E-state index in [1.165, 1.54) is 5.56 Å². The average molecular weight is 318 g/mol. The van der Waals surface area contributed by atoms with E-state index in [1.807, 2.05) is 19.1 Å². The van der Waals surface area contributed by atoms with Crippen LogP contribution in [0.15, 0.2) is 22.7 Å². The molecule has 1 fully saturated rings. The third-order valence-electron chi connectivity index (χ3n) is 3.04. The van der Waals surface area contributed by atoms with Crippen LogP contribution >= 0.6 is 15.9 Å². The highest BCUT2D eigenvalue weighted by Gasteiger charge is 2.23. The van der Waals surface area contributed by atoms with Crippen LogP contribution in [0.1, 0.15) is 18.4 Å². The Morgan fingerprint density at radius 2 is 1.94 bits per heavy atom. The van der Waals surface area contributed by atoms with Gasteiger partial charge in [-0.15, -0.1) is 0 Å². The normalized spacial score (nSPS) is 20.1. The van der Waals surface area contributed by atoms with Crippen molar-refractivity contribution in [1.29, 1.82) is 0 Å². The van der Waals surface area contributed by atoms with Crippen molar-refractivity contribution < 1.29 is 8.42 Å². The van der Waals surface area contributed by atoms with Crippen LogP contribution in [0, 0.1) is 6.92 Å². The van der Waals surface area contributed by atoms with Crippen molar-refractivity contribution in [2.24, 2.45) is 0 Å². The molecule has 0 aromatic heterocycles. The zero-order valence-electron chi connectivity index (χ0n) is 9.74. The van der Waals surface area contributed by atoms with Gasteiger partial charge in [0.15, 0.2) is 0 Å². The van der Waals surface area contributed by atoms with Gasteiger partial charge in [-0.2, -0.15) is 0 Å². The van der Waals surface area contributed by atoms with Crippen LogP contribution in [0.3, 0.4) is 0 Å². The van der Waals surface area contributed by atoms with Crippen LogP contribution in [0.4, 0.5) is 5.69 Å². The molecule has 3 nitrogen and oxygen atoms in total. The summed E-state index contributed by atoms with van der Waals surface area (Å²) in [6, 6.07) is 6.40. The number of benzene rings is 1. The maximum Gasteiger partial charge on any atom is 0.150 e. The van der Waals surface area contributed by atoms with Crippen LogP contribution < -0.4 is 5.32 Å². The molecule has 5 heteroatoms. The zero-order valence-corrected chi connectivity index (χ0v) is 12.1. The van der Waals surface area contributed by atoms with Gasteiger partial charge in [0.25, 0.3) is 0 Å². The Balaban J connectivity index is 2.02. The summed E-state index contributed by atoms with van der Waals surface area (Å²) in [4.78, 5) is 0. The number of hydrogen-bond acceptors (Lipinski definition) is 3. The summed E-state index contributed by atoms with van der Waals surface area (Å²) in [7, 11) is -2.78. The molecule has 1 aromatic rings. The van der Waals surface area contributed by atoms with Crippen LogP contribution in [0.25, 0.3) is 0 Å². The van der Waals surface area contributed by atoms with E-state index in [-0.39, 0.29) is 6.04 Å². The lowest BCUT2D eigenvalue weighted by Gasteiger charge is -2.24. The quantitative estimate of drug-likeness (QED) is 0.912. The van der Waals surface area contributed by atoms with E-state index in [9.17, 15) is 8.42 Å². The maximum absolute atomic E-state index is 11.3. The Bertz CT molecular complexity index is 499. The zero-order chi connectivity index (χ0) is 12.5. The van der Waals surface area contributed by atoms with Gasteiger partial charge in [0.05, 0.1) is 11.5 Å². The fraction of sp³-hybridized carbons (Fsp3) is 0.500. The lowest BCUT2D eigenvalue weighted by atomic mass is 10.1. The van der Waals surface area contributed by atoms with Gasteiger partial charge >= 0.3 is 0 Å². The van der Waals surface area contributed by atoms with Crippen molar-refractivity contribution in [3.63, 3.8) is 0 Å². The molecule has 2 rings (SSSR count). The van der Waals surface area contributed by atoms with Crippen LogP contribution in [0.2, 0.25) is 0 Å². The molecule has 0 amide bonds. The second-order valence-electron chi connectivity index (χ2n) is 4.55. The summed E-state index contributed by atoms with van der Waals surface area (Å²) >= 11 is 3.52. The van der Waals surface area contributed by atoms with E-state index in [4.69, 9.17) is 0 Å². The van der Waals surface area contributed by atoms with Gasteiger partial charge in [0, 0.05) is 16.2 Å². The largest absolute Gasteiger partial charge is 0.381 e. The topological polar surface area (TPSA) is 46.2 Å². The number of anilines is 1. The Kier molecular flexibility index (Phi) is 3.78. The molecule has 0 aliphatic carbocycles. The molecule has 0 spiro atoms. The number of sulfone groups is 1. The molecular formula is C12H16BrNO2S. The second-order valence-corrected chi connectivity index (χ2v) is 7.71. The monoisotopic (exact) mass is 317 g/mol. The second kappa shape index (κ2) is 4.98. The molecule has 94 valence electrons. The first-order valence-corrected chi connectivity index (χ1v) is 8.31. The highest BCUT2D eigenvalue weighted by molar-refractivity contribution is 9.10. The van der Waals surface area contributed by atoms with Gasteiger partial charge in [-0.05, 0) is 53.4 Å². The van der Waals surface area contributed by atoms with E-state index in [0.29, 0.717) is 24.3 Å². The van der Waals surface area contributed by atoms with E-state index >= 15 is 0 Å². The summed E-state index contributed by atoms with van der Waals surface area (Å²) in [6.45, 7) is 2.04.